The fraction of sp³-hybridized carbons (Fsp3) is 0.292. The standard InChI is InChI=1S/C24H27N5O3/c1-17-6-7-20(26-24(31)22-8-9-25-32-22)15-21(17)27-23(30)19-5-3-4-18(14-19)16-29-12-10-28(2)11-13-29/h3-9,14-15H,10-13,16H2,1-2H3,(H,26,31)(H,27,30). The molecule has 2 amide bonds. The zero-order chi connectivity index (χ0) is 22.5. The number of carbonyl (C=O) groups excluding carboxylic acids is 2. The molecule has 8 nitrogen and oxygen atoms in total. The quantitative estimate of drug-likeness (QED) is 0.620. The summed E-state index contributed by atoms with van der Waals surface area (Å²) in [6.07, 6.45) is 1.41. The number of piperazine rings is 1. The Bertz CT molecular complexity index is 1090. The Balaban J connectivity index is 1.42. The smallest absolute Gasteiger partial charge is 0.294 e. The zero-order valence-corrected chi connectivity index (χ0v) is 18.3. The van der Waals surface area contributed by atoms with Crippen LogP contribution < -0.4 is 10.6 Å². The van der Waals surface area contributed by atoms with Gasteiger partial charge in [0.2, 0.25) is 5.76 Å². The highest BCUT2D eigenvalue weighted by Gasteiger charge is 2.16. The molecule has 8 heteroatoms. The van der Waals surface area contributed by atoms with Gasteiger partial charge in [-0.25, -0.2) is 0 Å². The van der Waals surface area contributed by atoms with Crippen LogP contribution in [0.4, 0.5) is 11.4 Å². The molecule has 0 unspecified atom stereocenters. The van der Waals surface area contributed by atoms with Crippen LogP contribution in [0, 0.1) is 6.92 Å². The highest BCUT2D eigenvalue weighted by Crippen LogP contribution is 2.22. The molecule has 3 aromatic rings. The Morgan fingerprint density at radius 2 is 1.81 bits per heavy atom. The minimum Gasteiger partial charge on any atom is -0.351 e. The van der Waals surface area contributed by atoms with Gasteiger partial charge in [0.25, 0.3) is 11.8 Å². The lowest BCUT2D eigenvalue weighted by molar-refractivity contribution is 0.0986. The van der Waals surface area contributed by atoms with Crippen molar-refractivity contribution in [1.29, 1.82) is 0 Å². The van der Waals surface area contributed by atoms with Crippen molar-refractivity contribution in [1.82, 2.24) is 15.0 Å². The number of carbonyl (C=O) groups is 2. The van der Waals surface area contributed by atoms with Crippen LogP contribution in [0.15, 0.2) is 59.3 Å². The predicted molar refractivity (Wildman–Crippen MR) is 123 cm³/mol. The summed E-state index contributed by atoms with van der Waals surface area (Å²) in [5.74, 6) is -0.472. The molecule has 2 aromatic carbocycles. The van der Waals surface area contributed by atoms with Crippen molar-refractivity contribution in [2.45, 2.75) is 13.5 Å². The molecule has 0 spiro atoms. The lowest BCUT2D eigenvalue weighted by Crippen LogP contribution is -2.43. The molecule has 0 radical (unpaired) electrons. The van der Waals surface area contributed by atoms with Gasteiger partial charge in [-0.1, -0.05) is 23.4 Å². The van der Waals surface area contributed by atoms with Gasteiger partial charge in [0.15, 0.2) is 0 Å². The number of nitrogens with one attached hydrogen (secondary N) is 2. The number of likely N-dealkylation sites (N-methyl/N-ethyl adjacent to an activating group) is 1. The Morgan fingerprint density at radius 3 is 2.56 bits per heavy atom. The molecule has 0 aliphatic carbocycles. The van der Waals surface area contributed by atoms with E-state index in [2.05, 4.69) is 38.7 Å². The van der Waals surface area contributed by atoms with E-state index in [0.717, 1.165) is 43.9 Å². The normalized spacial score (nSPS) is 14.8. The van der Waals surface area contributed by atoms with Crippen LogP contribution in [0.5, 0.6) is 0 Å². The van der Waals surface area contributed by atoms with E-state index in [0.29, 0.717) is 16.9 Å². The van der Waals surface area contributed by atoms with Crippen LogP contribution in [-0.4, -0.2) is 60.0 Å². The maximum Gasteiger partial charge on any atom is 0.294 e. The second kappa shape index (κ2) is 9.76. The number of rotatable bonds is 6. The predicted octanol–water partition coefficient (Wildman–Crippen LogP) is 3.24. The molecule has 0 saturated carbocycles. The molecular formula is C24H27N5O3. The second-order valence-electron chi connectivity index (χ2n) is 8.09. The number of hydrogen-bond donors (Lipinski definition) is 2. The van der Waals surface area contributed by atoms with E-state index in [4.69, 9.17) is 4.52 Å². The molecule has 166 valence electrons. The Kier molecular flexibility index (Phi) is 6.63. The summed E-state index contributed by atoms with van der Waals surface area (Å²) >= 11 is 0. The Hall–Kier alpha value is -3.49. The molecule has 1 aliphatic heterocycles. The number of anilines is 2. The molecule has 32 heavy (non-hydrogen) atoms. The van der Waals surface area contributed by atoms with Gasteiger partial charge in [0, 0.05) is 55.7 Å². The molecule has 2 heterocycles. The maximum atomic E-state index is 12.9. The fourth-order valence-electron chi connectivity index (χ4n) is 3.63. The number of benzene rings is 2. The number of aromatic nitrogens is 1. The minimum atomic E-state index is -0.403. The molecule has 1 aromatic heterocycles. The van der Waals surface area contributed by atoms with E-state index >= 15 is 0 Å². The Labute approximate surface area is 187 Å². The molecule has 1 aliphatic rings. The largest absolute Gasteiger partial charge is 0.351 e. The summed E-state index contributed by atoms with van der Waals surface area (Å²) in [5, 5.41) is 9.25. The molecular weight excluding hydrogens is 406 g/mol. The summed E-state index contributed by atoms with van der Waals surface area (Å²) in [6.45, 7) is 6.90. The van der Waals surface area contributed by atoms with E-state index in [-0.39, 0.29) is 11.7 Å². The first-order valence-electron chi connectivity index (χ1n) is 10.6. The summed E-state index contributed by atoms with van der Waals surface area (Å²) in [6, 6.07) is 14.6. The average molecular weight is 434 g/mol. The first kappa shape index (κ1) is 21.7. The van der Waals surface area contributed by atoms with Crippen LogP contribution >= 0.6 is 0 Å². The minimum absolute atomic E-state index is 0.119. The van der Waals surface area contributed by atoms with E-state index in [1.807, 2.05) is 31.2 Å². The average Bonchev–Trinajstić information content (AvgIpc) is 3.33. The van der Waals surface area contributed by atoms with Crippen LogP contribution in [0.25, 0.3) is 0 Å². The van der Waals surface area contributed by atoms with Gasteiger partial charge in [-0.15, -0.1) is 0 Å². The number of nitrogens with zero attached hydrogens (tertiary/aromatic N) is 3. The molecule has 2 N–H and O–H groups in total. The molecule has 4 rings (SSSR count). The van der Waals surface area contributed by atoms with Crippen molar-refractivity contribution < 1.29 is 14.1 Å². The van der Waals surface area contributed by atoms with Crippen LogP contribution in [0.2, 0.25) is 0 Å². The molecule has 1 saturated heterocycles. The summed E-state index contributed by atoms with van der Waals surface area (Å²) in [4.78, 5) is 29.9. The van der Waals surface area contributed by atoms with Gasteiger partial charge < -0.3 is 20.1 Å². The molecule has 0 bridgehead atoms. The number of aryl methyl sites for hydroxylation is 1. The SMILES string of the molecule is Cc1ccc(NC(=O)c2ccno2)cc1NC(=O)c1cccc(CN2CCN(C)CC2)c1. The van der Waals surface area contributed by atoms with E-state index in [9.17, 15) is 9.59 Å². The fourth-order valence-corrected chi connectivity index (χ4v) is 3.63. The zero-order valence-electron chi connectivity index (χ0n) is 18.3. The van der Waals surface area contributed by atoms with Gasteiger partial charge in [0.1, 0.15) is 0 Å². The van der Waals surface area contributed by atoms with E-state index < -0.39 is 5.91 Å². The summed E-state index contributed by atoms with van der Waals surface area (Å²) < 4.78 is 4.88. The first-order chi connectivity index (χ1) is 15.5. The van der Waals surface area contributed by atoms with Crippen LogP contribution in [0.3, 0.4) is 0 Å². The third kappa shape index (κ3) is 5.40. The van der Waals surface area contributed by atoms with Gasteiger partial charge in [-0.3, -0.25) is 14.5 Å². The van der Waals surface area contributed by atoms with Gasteiger partial charge in [-0.05, 0) is 49.4 Å². The van der Waals surface area contributed by atoms with Crippen molar-refractivity contribution in [2.24, 2.45) is 0 Å². The third-order valence-electron chi connectivity index (χ3n) is 5.60. The van der Waals surface area contributed by atoms with Crippen molar-refractivity contribution in [3.63, 3.8) is 0 Å². The van der Waals surface area contributed by atoms with Crippen LogP contribution in [0.1, 0.15) is 32.0 Å². The van der Waals surface area contributed by atoms with Gasteiger partial charge >= 0.3 is 0 Å². The second-order valence-corrected chi connectivity index (χ2v) is 8.09. The van der Waals surface area contributed by atoms with E-state index in [1.165, 1.54) is 12.3 Å². The lowest BCUT2D eigenvalue weighted by atomic mass is 10.1. The third-order valence-corrected chi connectivity index (χ3v) is 5.60. The highest BCUT2D eigenvalue weighted by atomic mass is 16.5. The van der Waals surface area contributed by atoms with Crippen molar-refractivity contribution in [3.05, 3.63) is 77.2 Å². The first-order valence-corrected chi connectivity index (χ1v) is 10.6. The van der Waals surface area contributed by atoms with Crippen molar-refractivity contribution in [2.75, 3.05) is 43.9 Å². The van der Waals surface area contributed by atoms with Crippen LogP contribution in [-0.2, 0) is 6.54 Å². The highest BCUT2D eigenvalue weighted by molar-refractivity contribution is 6.06. The van der Waals surface area contributed by atoms with Gasteiger partial charge in [0.05, 0.1) is 6.20 Å². The van der Waals surface area contributed by atoms with Crippen molar-refractivity contribution in [3.8, 4) is 0 Å². The Morgan fingerprint density at radius 1 is 1.00 bits per heavy atom. The molecule has 1 fully saturated rings. The summed E-state index contributed by atoms with van der Waals surface area (Å²) in [7, 11) is 2.14. The lowest BCUT2D eigenvalue weighted by Gasteiger charge is -2.32. The van der Waals surface area contributed by atoms with Gasteiger partial charge in [-0.2, -0.15) is 0 Å². The van der Waals surface area contributed by atoms with Crippen molar-refractivity contribution >= 4 is 23.2 Å². The summed E-state index contributed by atoms with van der Waals surface area (Å²) in [5.41, 5.74) is 3.80. The monoisotopic (exact) mass is 433 g/mol. The number of amides is 2. The van der Waals surface area contributed by atoms with E-state index in [1.54, 1.807) is 12.1 Å². The number of hydrogen-bond acceptors (Lipinski definition) is 6. The topological polar surface area (TPSA) is 90.7 Å². The maximum absolute atomic E-state index is 12.9. The molecule has 0 atom stereocenters.